The molecule has 1 unspecified atom stereocenters. The van der Waals surface area contributed by atoms with E-state index in [9.17, 15) is 0 Å². The lowest BCUT2D eigenvalue weighted by Crippen LogP contribution is -2.47. The first kappa shape index (κ1) is 23.8. The average Bonchev–Trinajstić information content (AvgIpc) is 2.73. The molecule has 0 aromatic heterocycles. The van der Waals surface area contributed by atoms with E-state index in [0.717, 1.165) is 61.4 Å². The molecular weight excluding hydrogens is 386 g/mol. The summed E-state index contributed by atoms with van der Waals surface area (Å²) in [6.07, 6.45) is 0.838. The van der Waals surface area contributed by atoms with Crippen molar-refractivity contribution < 1.29 is 4.74 Å². The van der Waals surface area contributed by atoms with Gasteiger partial charge in [-0.2, -0.15) is 0 Å². The molecule has 1 aromatic carbocycles. The topological polar surface area (TPSA) is 52.1 Å². The summed E-state index contributed by atoms with van der Waals surface area (Å²) in [6, 6.07) is 5.83. The lowest BCUT2D eigenvalue weighted by Gasteiger charge is -2.35. The highest BCUT2D eigenvalue weighted by Gasteiger charge is 2.17. The van der Waals surface area contributed by atoms with Crippen molar-refractivity contribution in [3.05, 3.63) is 28.8 Å². The number of ether oxygens (including phenoxy) is 1. The summed E-state index contributed by atoms with van der Waals surface area (Å²) in [6.45, 7) is 16.1. The fourth-order valence-electron chi connectivity index (χ4n) is 3.55. The SMILES string of the molecule is CCNC(=NCC(C)CN1CCN(CC)CC1)NCCc1ccc(OC)cc1Cl. The first-order valence-electron chi connectivity index (χ1n) is 10.8. The number of rotatable bonds is 10. The number of guanidine groups is 1. The van der Waals surface area contributed by atoms with Gasteiger partial charge in [0.25, 0.3) is 0 Å². The average molecular weight is 424 g/mol. The number of hydrogen-bond donors (Lipinski definition) is 2. The van der Waals surface area contributed by atoms with Crippen LogP contribution >= 0.6 is 11.6 Å². The van der Waals surface area contributed by atoms with E-state index in [1.807, 2.05) is 18.2 Å². The number of piperazine rings is 1. The van der Waals surface area contributed by atoms with E-state index in [4.69, 9.17) is 21.3 Å². The van der Waals surface area contributed by atoms with Crippen molar-refractivity contribution >= 4 is 17.6 Å². The van der Waals surface area contributed by atoms with Crippen LogP contribution in [0.5, 0.6) is 5.75 Å². The first-order valence-corrected chi connectivity index (χ1v) is 11.2. The summed E-state index contributed by atoms with van der Waals surface area (Å²) in [4.78, 5) is 9.88. The molecule has 1 fully saturated rings. The lowest BCUT2D eigenvalue weighted by molar-refractivity contribution is 0.125. The normalized spacial score (nSPS) is 17.2. The van der Waals surface area contributed by atoms with Crippen LogP contribution < -0.4 is 15.4 Å². The van der Waals surface area contributed by atoms with Gasteiger partial charge in [-0.1, -0.05) is 31.5 Å². The van der Waals surface area contributed by atoms with Gasteiger partial charge in [0.2, 0.25) is 0 Å². The number of benzene rings is 1. The van der Waals surface area contributed by atoms with Crippen LogP contribution in [0, 0.1) is 5.92 Å². The zero-order chi connectivity index (χ0) is 21.1. The van der Waals surface area contributed by atoms with Crippen molar-refractivity contribution in [2.75, 3.05) is 66.0 Å². The Morgan fingerprint density at radius 3 is 2.52 bits per heavy atom. The second-order valence-electron chi connectivity index (χ2n) is 7.69. The molecular formula is C22H38ClN5O. The molecule has 0 saturated carbocycles. The van der Waals surface area contributed by atoms with Crippen molar-refractivity contribution in [2.24, 2.45) is 10.9 Å². The highest BCUT2D eigenvalue weighted by atomic mass is 35.5. The maximum Gasteiger partial charge on any atom is 0.191 e. The van der Waals surface area contributed by atoms with Crippen LogP contribution in [0.25, 0.3) is 0 Å². The van der Waals surface area contributed by atoms with Crippen molar-refractivity contribution in [1.29, 1.82) is 0 Å². The Hall–Kier alpha value is -1.50. The Morgan fingerprint density at radius 2 is 1.90 bits per heavy atom. The van der Waals surface area contributed by atoms with Crippen LogP contribution in [-0.2, 0) is 6.42 Å². The van der Waals surface area contributed by atoms with Crippen molar-refractivity contribution in [3.8, 4) is 5.75 Å². The van der Waals surface area contributed by atoms with Crippen molar-refractivity contribution in [2.45, 2.75) is 27.2 Å². The molecule has 1 atom stereocenters. The van der Waals surface area contributed by atoms with Gasteiger partial charge in [0, 0.05) is 57.4 Å². The molecule has 0 radical (unpaired) electrons. The predicted octanol–water partition coefficient (Wildman–Crippen LogP) is 2.72. The Morgan fingerprint density at radius 1 is 1.17 bits per heavy atom. The van der Waals surface area contributed by atoms with Crippen LogP contribution in [0.15, 0.2) is 23.2 Å². The van der Waals surface area contributed by atoms with Crippen LogP contribution in [0.2, 0.25) is 5.02 Å². The largest absolute Gasteiger partial charge is 0.497 e. The predicted molar refractivity (Wildman–Crippen MR) is 123 cm³/mol. The minimum Gasteiger partial charge on any atom is -0.497 e. The standard InChI is InChI=1S/C22H38ClN5O/c1-5-24-22(25-10-9-19-7-8-20(29-4)15-21(19)23)26-16-18(3)17-28-13-11-27(6-2)12-14-28/h7-8,15,18H,5-6,9-14,16-17H2,1-4H3,(H2,24,25,26). The first-order chi connectivity index (χ1) is 14.0. The molecule has 2 N–H and O–H groups in total. The Kier molecular flexibility index (Phi) is 10.6. The fraction of sp³-hybridized carbons (Fsp3) is 0.682. The molecule has 0 spiro atoms. The van der Waals surface area contributed by atoms with Gasteiger partial charge in [-0.25, -0.2) is 0 Å². The van der Waals surface area contributed by atoms with Gasteiger partial charge >= 0.3 is 0 Å². The van der Waals surface area contributed by atoms with Gasteiger partial charge in [0.05, 0.1) is 7.11 Å². The molecule has 1 saturated heterocycles. The van der Waals surface area contributed by atoms with Crippen LogP contribution in [0.4, 0.5) is 0 Å². The lowest BCUT2D eigenvalue weighted by atomic mass is 10.1. The molecule has 0 bridgehead atoms. The smallest absolute Gasteiger partial charge is 0.191 e. The zero-order valence-electron chi connectivity index (χ0n) is 18.5. The molecule has 6 nitrogen and oxygen atoms in total. The number of hydrogen-bond acceptors (Lipinski definition) is 4. The maximum absolute atomic E-state index is 6.34. The fourth-order valence-corrected chi connectivity index (χ4v) is 3.81. The van der Waals surface area contributed by atoms with Crippen molar-refractivity contribution in [3.63, 3.8) is 0 Å². The van der Waals surface area contributed by atoms with E-state index in [0.29, 0.717) is 5.92 Å². The Labute approximate surface area is 181 Å². The third-order valence-corrected chi connectivity index (χ3v) is 5.69. The molecule has 29 heavy (non-hydrogen) atoms. The van der Waals surface area contributed by atoms with Crippen molar-refractivity contribution in [1.82, 2.24) is 20.4 Å². The highest BCUT2D eigenvalue weighted by Crippen LogP contribution is 2.22. The van der Waals surface area contributed by atoms with E-state index < -0.39 is 0 Å². The number of nitrogens with one attached hydrogen (secondary N) is 2. The number of halogens is 1. The second kappa shape index (κ2) is 12.9. The molecule has 7 heteroatoms. The summed E-state index contributed by atoms with van der Waals surface area (Å²) >= 11 is 6.34. The number of aliphatic imine (C=N–C) groups is 1. The van der Waals surface area contributed by atoms with E-state index >= 15 is 0 Å². The molecule has 1 aliphatic heterocycles. The van der Waals surface area contributed by atoms with Gasteiger partial charge in [0.15, 0.2) is 5.96 Å². The molecule has 1 aliphatic rings. The number of nitrogens with zero attached hydrogens (tertiary/aromatic N) is 3. The quantitative estimate of drug-likeness (QED) is 0.447. The minimum absolute atomic E-state index is 0.537. The van der Waals surface area contributed by atoms with Gasteiger partial charge < -0.3 is 25.2 Å². The molecule has 1 heterocycles. The molecule has 1 aromatic rings. The van der Waals surface area contributed by atoms with Crippen LogP contribution in [0.3, 0.4) is 0 Å². The summed E-state index contributed by atoms with van der Waals surface area (Å²) < 4.78 is 5.21. The zero-order valence-corrected chi connectivity index (χ0v) is 19.3. The third kappa shape index (κ3) is 8.41. The summed E-state index contributed by atoms with van der Waals surface area (Å²) in [5.41, 5.74) is 1.11. The molecule has 164 valence electrons. The summed E-state index contributed by atoms with van der Waals surface area (Å²) in [5.74, 6) is 2.20. The van der Waals surface area contributed by atoms with Crippen LogP contribution in [-0.4, -0.2) is 81.8 Å². The molecule has 0 aliphatic carbocycles. The van der Waals surface area contributed by atoms with Gasteiger partial charge in [-0.05, 0) is 43.5 Å². The Balaban J connectivity index is 1.77. The Bertz CT molecular complexity index is 632. The second-order valence-corrected chi connectivity index (χ2v) is 8.10. The maximum atomic E-state index is 6.34. The van der Waals surface area contributed by atoms with E-state index in [1.165, 1.54) is 26.2 Å². The van der Waals surface area contributed by atoms with E-state index in [1.54, 1.807) is 7.11 Å². The third-order valence-electron chi connectivity index (χ3n) is 5.33. The van der Waals surface area contributed by atoms with E-state index in [-0.39, 0.29) is 0 Å². The van der Waals surface area contributed by atoms with Gasteiger partial charge in [-0.3, -0.25) is 4.99 Å². The molecule has 2 rings (SSSR count). The van der Waals surface area contributed by atoms with Gasteiger partial charge in [-0.15, -0.1) is 0 Å². The number of likely N-dealkylation sites (N-methyl/N-ethyl adjacent to an activating group) is 1. The minimum atomic E-state index is 0.537. The van der Waals surface area contributed by atoms with Crippen LogP contribution in [0.1, 0.15) is 26.3 Å². The monoisotopic (exact) mass is 423 g/mol. The number of methoxy groups -OCH3 is 1. The van der Waals surface area contributed by atoms with Gasteiger partial charge in [0.1, 0.15) is 5.75 Å². The highest BCUT2D eigenvalue weighted by molar-refractivity contribution is 6.31. The summed E-state index contributed by atoms with van der Waals surface area (Å²) in [5, 5.41) is 7.51. The van der Waals surface area contributed by atoms with E-state index in [2.05, 4.69) is 41.2 Å². The molecule has 0 amide bonds. The summed E-state index contributed by atoms with van der Waals surface area (Å²) in [7, 11) is 1.65.